The molecule has 0 heterocycles. The van der Waals surface area contributed by atoms with E-state index in [1.54, 1.807) is 13.0 Å². The summed E-state index contributed by atoms with van der Waals surface area (Å²) in [6.07, 6.45) is 0.661. The Labute approximate surface area is 117 Å². The lowest BCUT2D eigenvalue weighted by molar-refractivity contribution is -0.145. The Kier molecular flexibility index (Phi) is 7.52. The standard InChI is InChI=1S/C14H20FNO2S/c1-3-16-13(14(17)18-4-2)8-9-19-12-7-5-6-11(15)10-12/h5-7,10,13,16H,3-4,8-9H2,1-2H3. The third-order valence-corrected chi connectivity index (χ3v) is 3.52. The highest BCUT2D eigenvalue weighted by Gasteiger charge is 2.17. The van der Waals surface area contributed by atoms with Crippen LogP contribution in [0.1, 0.15) is 20.3 Å². The lowest BCUT2D eigenvalue weighted by Gasteiger charge is -2.15. The minimum Gasteiger partial charge on any atom is -0.465 e. The summed E-state index contributed by atoms with van der Waals surface area (Å²) >= 11 is 1.54. The van der Waals surface area contributed by atoms with Crippen LogP contribution in [0.3, 0.4) is 0 Å². The first-order chi connectivity index (χ1) is 9.17. The van der Waals surface area contributed by atoms with E-state index in [2.05, 4.69) is 5.32 Å². The molecule has 0 saturated heterocycles. The monoisotopic (exact) mass is 285 g/mol. The normalized spacial score (nSPS) is 12.2. The summed E-state index contributed by atoms with van der Waals surface area (Å²) in [5, 5.41) is 3.10. The molecule has 0 aromatic heterocycles. The van der Waals surface area contributed by atoms with Crippen LogP contribution < -0.4 is 5.32 Å². The number of carbonyl (C=O) groups is 1. The van der Waals surface area contributed by atoms with Crippen molar-refractivity contribution in [1.29, 1.82) is 0 Å². The number of halogens is 1. The van der Waals surface area contributed by atoms with Crippen molar-refractivity contribution in [2.24, 2.45) is 0 Å². The van der Waals surface area contributed by atoms with Crippen LogP contribution in [0.15, 0.2) is 29.2 Å². The Morgan fingerprint density at radius 3 is 2.89 bits per heavy atom. The van der Waals surface area contributed by atoms with E-state index in [-0.39, 0.29) is 17.8 Å². The molecule has 1 N–H and O–H groups in total. The first-order valence-electron chi connectivity index (χ1n) is 6.45. The molecule has 0 spiro atoms. The summed E-state index contributed by atoms with van der Waals surface area (Å²) in [7, 11) is 0. The molecule has 1 unspecified atom stereocenters. The molecule has 1 aromatic rings. The molecule has 0 radical (unpaired) electrons. The highest BCUT2D eigenvalue weighted by atomic mass is 32.2. The maximum absolute atomic E-state index is 13.0. The molecular formula is C14H20FNO2S. The van der Waals surface area contributed by atoms with Gasteiger partial charge in [0.25, 0.3) is 0 Å². The summed E-state index contributed by atoms with van der Waals surface area (Å²) in [4.78, 5) is 12.5. The molecule has 0 fully saturated rings. The summed E-state index contributed by atoms with van der Waals surface area (Å²) in [5.74, 6) is 0.280. The highest BCUT2D eigenvalue weighted by Crippen LogP contribution is 2.20. The van der Waals surface area contributed by atoms with Crippen molar-refractivity contribution < 1.29 is 13.9 Å². The molecule has 0 saturated carbocycles. The molecule has 1 rings (SSSR count). The van der Waals surface area contributed by atoms with Gasteiger partial charge in [0.05, 0.1) is 6.61 Å². The predicted octanol–water partition coefficient (Wildman–Crippen LogP) is 2.85. The van der Waals surface area contributed by atoms with Crippen molar-refractivity contribution in [2.45, 2.75) is 31.2 Å². The number of likely N-dealkylation sites (N-methyl/N-ethyl adjacent to an activating group) is 1. The molecular weight excluding hydrogens is 265 g/mol. The van der Waals surface area contributed by atoms with Crippen molar-refractivity contribution >= 4 is 17.7 Å². The molecule has 1 aromatic carbocycles. The van der Waals surface area contributed by atoms with Gasteiger partial charge >= 0.3 is 5.97 Å². The summed E-state index contributed by atoms with van der Waals surface area (Å²) in [5.41, 5.74) is 0. The van der Waals surface area contributed by atoms with Gasteiger partial charge in [-0.05, 0) is 38.1 Å². The third kappa shape index (κ3) is 6.07. The summed E-state index contributed by atoms with van der Waals surface area (Å²) in [6, 6.07) is 6.18. The van der Waals surface area contributed by atoms with Crippen LogP contribution in [0.5, 0.6) is 0 Å². The van der Waals surface area contributed by atoms with Gasteiger partial charge in [0.15, 0.2) is 0 Å². The van der Waals surface area contributed by atoms with Crippen LogP contribution in [0.4, 0.5) is 4.39 Å². The predicted molar refractivity (Wildman–Crippen MR) is 75.8 cm³/mol. The van der Waals surface area contributed by atoms with E-state index < -0.39 is 0 Å². The highest BCUT2D eigenvalue weighted by molar-refractivity contribution is 7.99. The number of hydrogen-bond donors (Lipinski definition) is 1. The van der Waals surface area contributed by atoms with Crippen molar-refractivity contribution in [3.05, 3.63) is 30.1 Å². The van der Waals surface area contributed by atoms with E-state index in [1.165, 1.54) is 23.9 Å². The number of esters is 1. The quantitative estimate of drug-likeness (QED) is 0.589. The number of carbonyl (C=O) groups excluding carboxylic acids is 1. The zero-order chi connectivity index (χ0) is 14.1. The Hall–Kier alpha value is -1.07. The van der Waals surface area contributed by atoms with Crippen molar-refractivity contribution in [1.82, 2.24) is 5.32 Å². The maximum atomic E-state index is 13.0. The van der Waals surface area contributed by atoms with E-state index in [1.807, 2.05) is 13.0 Å². The van der Waals surface area contributed by atoms with Gasteiger partial charge in [-0.15, -0.1) is 11.8 Å². The minimum absolute atomic E-state index is 0.218. The molecule has 5 heteroatoms. The van der Waals surface area contributed by atoms with Crippen LogP contribution in [0, 0.1) is 5.82 Å². The molecule has 19 heavy (non-hydrogen) atoms. The van der Waals surface area contributed by atoms with E-state index in [0.29, 0.717) is 19.6 Å². The number of benzene rings is 1. The van der Waals surface area contributed by atoms with Crippen LogP contribution in [0.2, 0.25) is 0 Å². The van der Waals surface area contributed by atoms with Gasteiger partial charge < -0.3 is 10.1 Å². The molecule has 0 amide bonds. The summed E-state index contributed by atoms with van der Waals surface area (Å²) in [6.45, 7) is 4.85. The van der Waals surface area contributed by atoms with E-state index in [4.69, 9.17) is 4.74 Å². The Morgan fingerprint density at radius 2 is 2.26 bits per heavy atom. The van der Waals surface area contributed by atoms with Gasteiger partial charge in [-0.1, -0.05) is 13.0 Å². The van der Waals surface area contributed by atoms with Crippen molar-refractivity contribution in [3.8, 4) is 0 Å². The van der Waals surface area contributed by atoms with Crippen LogP contribution in [-0.2, 0) is 9.53 Å². The number of rotatable bonds is 8. The van der Waals surface area contributed by atoms with Crippen LogP contribution >= 0.6 is 11.8 Å². The topological polar surface area (TPSA) is 38.3 Å². The molecule has 0 aliphatic rings. The average molecular weight is 285 g/mol. The second kappa shape index (κ2) is 8.93. The first kappa shape index (κ1) is 16.0. The van der Waals surface area contributed by atoms with E-state index in [9.17, 15) is 9.18 Å². The average Bonchev–Trinajstić information content (AvgIpc) is 2.38. The molecule has 3 nitrogen and oxygen atoms in total. The lowest BCUT2D eigenvalue weighted by atomic mass is 10.2. The molecule has 0 aliphatic heterocycles. The third-order valence-electron chi connectivity index (χ3n) is 2.49. The molecule has 106 valence electrons. The molecule has 0 bridgehead atoms. The van der Waals surface area contributed by atoms with Gasteiger partial charge in [-0.3, -0.25) is 4.79 Å². The summed E-state index contributed by atoms with van der Waals surface area (Å²) < 4.78 is 18.0. The number of nitrogens with one attached hydrogen (secondary N) is 1. The Balaban J connectivity index is 2.41. The minimum atomic E-state index is -0.286. The molecule has 0 aliphatic carbocycles. The zero-order valence-electron chi connectivity index (χ0n) is 11.3. The zero-order valence-corrected chi connectivity index (χ0v) is 12.1. The van der Waals surface area contributed by atoms with Crippen LogP contribution in [0.25, 0.3) is 0 Å². The van der Waals surface area contributed by atoms with Crippen molar-refractivity contribution in [2.75, 3.05) is 18.9 Å². The number of thioether (sulfide) groups is 1. The number of ether oxygens (including phenoxy) is 1. The van der Waals surface area contributed by atoms with E-state index >= 15 is 0 Å². The lowest BCUT2D eigenvalue weighted by Crippen LogP contribution is -2.38. The fraction of sp³-hybridized carbons (Fsp3) is 0.500. The van der Waals surface area contributed by atoms with Gasteiger partial charge in [0, 0.05) is 10.6 Å². The maximum Gasteiger partial charge on any atom is 0.323 e. The largest absolute Gasteiger partial charge is 0.465 e. The fourth-order valence-electron chi connectivity index (χ4n) is 1.64. The van der Waals surface area contributed by atoms with Gasteiger partial charge in [0.2, 0.25) is 0 Å². The Morgan fingerprint density at radius 1 is 1.47 bits per heavy atom. The fourth-order valence-corrected chi connectivity index (χ4v) is 2.60. The van der Waals surface area contributed by atoms with Gasteiger partial charge in [0.1, 0.15) is 11.9 Å². The number of hydrogen-bond acceptors (Lipinski definition) is 4. The second-order valence-corrected chi connectivity index (χ2v) is 5.13. The van der Waals surface area contributed by atoms with Crippen LogP contribution in [-0.4, -0.2) is 30.9 Å². The van der Waals surface area contributed by atoms with Gasteiger partial charge in [-0.25, -0.2) is 4.39 Å². The van der Waals surface area contributed by atoms with Gasteiger partial charge in [-0.2, -0.15) is 0 Å². The smallest absolute Gasteiger partial charge is 0.323 e. The second-order valence-electron chi connectivity index (χ2n) is 3.96. The molecule has 1 atom stereocenters. The van der Waals surface area contributed by atoms with E-state index in [0.717, 1.165) is 10.6 Å². The van der Waals surface area contributed by atoms with Crippen molar-refractivity contribution in [3.63, 3.8) is 0 Å². The first-order valence-corrected chi connectivity index (χ1v) is 7.44. The SMILES string of the molecule is CCNC(CCSc1cccc(F)c1)C(=O)OCC. The Bertz CT molecular complexity index is 401.